The average molecular weight is 276 g/mol. The summed E-state index contributed by atoms with van der Waals surface area (Å²) < 4.78 is 0. The molecule has 0 radical (unpaired) electrons. The van der Waals surface area contributed by atoms with Crippen LogP contribution in [0.15, 0.2) is 12.3 Å². The van der Waals surface area contributed by atoms with Gasteiger partial charge in [-0.05, 0) is 13.0 Å². The maximum absolute atomic E-state index is 11.0. The third-order valence-corrected chi connectivity index (χ3v) is 3.60. The molecule has 0 spiro atoms. The smallest absolute Gasteiger partial charge is 0.223 e. The SMILES string of the molecule is CC(=O)Nc1nc(C)c(-c2ccnc(C(C)C)n2)s1. The summed E-state index contributed by atoms with van der Waals surface area (Å²) in [5.74, 6) is 0.972. The highest BCUT2D eigenvalue weighted by molar-refractivity contribution is 7.19. The number of anilines is 1. The van der Waals surface area contributed by atoms with Crippen LogP contribution in [0.5, 0.6) is 0 Å². The first-order valence-corrected chi connectivity index (χ1v) is 6.87. The highest BCUT2D eigenvalue weighted by Crippen LogP contribution is 2.31. The van der Waals surface area contributed by atoms with E-state index < -0.39 is 0 Å². The Morgan fingerprint density at radius 1 is 1.37 bits per heavy atom. The molecule has 0 fully saturated rings. The monoisotopic (exact) mass is 276 g/mol. The van der Waals surface area contributed by atoms with Gasteiger partial charge in [-0.25, -0.2) is 15.0 Å². The van der Waals surface area contributed by atoms with Crippen LogP contribution in [0.2, 0.25) is 0 Å². The lowest BCUT2D eigenvalue weighted by atomic mass is 10.2. The summed E-state index contributed by atoms with van der Waals surface area (Å²) in [6.45, 7) is 7.50. The molecule has 0 aliphatic rings. The van der Waals surface area contributed by atoms with Gasteiger partial charge in [0.2, 0.25) is 5.91 Å². The van der Waals surface area contributed by atoms with Gasteiger partial charge in [-0.15, -0.1) is 0 Å². The number of carbonyl (C=O) groups is 1. The van der Waals surface area contributed by atoms with Crippen molar-refractivity contribution in [3.63, 3.8) is 0 Å². The predicted octanol–water partition coefficient (Wildman–Crippen LogP) is 2.99. The Morgan fingerprint density at radius 2 is 2.11 bits per heavy atom. The number of rotatable bonds is 3. The van der Waals surface area contributed by atoms with E-state index >= 15 is 0 Å². The minimum Gasteiger partial charge on any atom is -0.302 e. The number of carbonyl (C=O) groups excluding carboxylic acids is 1. The molecule has 1 amide bonds. The van der Waals surface area contributed by atoms with Gasteiger partial charge >= 0.3 is 0 Å². The fourth-order valence-corrected chi connectivity index (χ4v) is 2.60. The Balaban J connectivity index is 2.38. The lowest BCUT2D eigenvalue weighted by Gasteiger charge is -2.04. The standard InChI is InChI=1S/C13H16N4OS/c1-7(2)12-14-6-5-10(17-12)11-8(3)15-13(19-11)16-9(4)18/h5-7H,1-4H3,(H,15,16,18). The molecular formula is C13H16N4OS. The van der Waals surface area contributed by atoms with Crippen molar-refractivity contribution in [1.29, 1.82) is 0 Å². The Morgan fingerprint density at radius 3 is 2.74 bits per heavy atom. The summed E-state index contributed by atoms with van der Waals surface area (Å²) in [7, 11) is 0. The first-order valence-electron chi connectivity index (χ1n) is 6.05. The third-order valence-electron chi connectivity index (χ3n) is 2.50. The van der Waals surface area contributed by atoms with E-state index in [2.05, 4.69) is 34.1 Å². The molecule has 1 N–H and O–H groups in total. The van der Waals surface area contributed by atoms with Crippen LogP contribution in [0.4, 0.5) is 5.13 Å². The van der Waals surface area contributed by atoms with Gasteiger partial charge in [0.05, 0.1) is 16.3 Å². The molecule has 6 heteroatoms. The van der Waals surface area contributed by atoms with Crippen molar-refractivity contribution >= 4 is 22.4 Å². The number of hydrogen-bond acceptors (Lipinski definition) is 5. The van der Waals surface area contributed by atoms with Crippen molar-refractivity contribution in [1.82, 2.24) is 15.0 Å². The molecule has 0 aliphatic heterocycles. The molecule has 2 heterocycles. The number of hydrogen-bond donors (Lipinski definition) is 1. The zero-order valence-electron chi connectivity index (χ0n) is 11.4. The van der Waals surface area contributed by atoms with Gasteiger partial charge in [0, 0.05) is 19.0 Å². The summed E-state index contributed by atoms with van der Waals surface area (Å²) in [6, 6.07) is 1.87. The average Bonchev–Trinajstić information content (AvgIpc) is 2.69. The third kappa shape index (κ3) is 3.14. The predicted molar refractivity (Wildman–Crippen MR) is 76.3 cm³/mol. The Bertz CT molecular complexity index is 606. The van der Waals surface area contributed by atoms with Gasteiger partial charge in [-0.3, -0.25) is 4.79 Å². The van der Waals surface area contributed by atoms with Crippen molar-refractivity contribution in [2.75, 3.05) is 5.32 Å². The summed E-state index contributed by atoms with van der Waals surface area (Å²) in [6.07, 6.45) is 1.76. The fourth-order valence-electron chi connectivity index (χ4n) is 1.62. The molecule has 19 heavy (non-hydrogen) atoms. The lowest BCUT2D eigenvalue weighted by Crippen LogP contribution is -2.04. The zero-order chi connectivity index (χ0) is 14.0. The maximum atomic E-state index is 11.0. The van der Waals surface area contributed by atoms with Gasteiger partial charge < -0.3 is 5.32 Å². The normalized spacial score (nSPS) is 10.8. The molecule has 0 saturated heterocycles. The Hall–Kier alpha value is -1.82. The molecule has 2 aromatic heterocycles. The van der Waals surface area contributed by atoms with Gasteiger partial charge in [-0.2, -0.15) is 0 Å². The van der Waals surface area contributed by atoms with Gasteiger partial charge in [0.25, 0.3) is 0 Å². The van der Waals surface area contributed by atoms with Crippen LogP contribution in [-0.4, -0.2) is 20.9 Å². The quantitative estimate of drug-likeness (QED) is 0.935. The Labute approximate surface area is 116 Å². The van der Waals surface area contributed by atoms with E-state index in [0.717, 1.165) is 22.1 Å². The lowest BCUT2D eigenvalue weighted by molar-refractivity contribution is -0.114. The number of aryl methyl sites for hydroxylation is 1. The molecule has 0 aliphatic carbocycles. The molecule has 0 atom stereocenters. The van der Waals surface area contributed by atoms with E-state index in [1.165, 1.54) is 18.3 Å². The second-order valence-corrected chi connectivity index (χ2v) is 5.57. The first-order chi connectivity index (χ1) is 8.97. The molecule has 0 unspecified atom stereocenters. The van der Waals surface area contributed by atoms with Crippen LogP contribution in [0.25, 0.3) is 10.6 Å². The fraction of sp³-hybridized carbons (Fsp3) is 0.385. The summed E-state index contributed by atoms with van der Waals surface area (Å²) in [5.41, 5.74) is 1.72. The molecular weight excluding hydrogens is 260 g/mol. The van der Waals surface area contributed by atoms with E-state index in [4.69, 9.17) is 0 Å². The highest BCUT2D eigenvalue weighted by atomic mass is 32.1. The highest BCUT2D eigenvalue weighted by Gasteiger charge is 2.13. The first kappa shape index (κ1) is 13.6. The number of nitrogens with one attached hydrogen (secondary N) is 1. The molecule has 0 saturated carbocycles. The van der Waals surface area contributed by atoms with Crippen molar-refractivity contribution in [3.8, 4) is 10.6 Å². The van der Waals surface area contributed by atoms with E-state index in [1.807, 2.05) is 13.0 Å². The summed E-state index contributed by atoms with van der Waals surface area (Å²) in [4.78, 5) is 25.1. The molecule has 2 rings (SSSR count). The van der Waals surface area contributed by atoms with E-state index in [0.29, 0.717) is 5.13 Å². The number of amides is 1. The van der Waals surface area contributed by atoms with Crippen LogP contribution in [0.3, 0.4) is 0 Å². The molecule has 100 valence electrons. The van der Waals surface area contributed by atoms with E-state index in [9.17, 15) is 4.79 Å². The number of thiazole rings is 1. The van der Waals surface area contributed by atoms with Crippen molar-refractivity contribution in [2.24, 2.45) is 0 Å². The topological polar surface area (TPSA) is 67.8 Å². The van der Waals surface area contributed by atoms with Crippen molar-refractivity contribution in [2.45, 2.75) is 33.6 Å². The largest absolute Gasteiger partial charge is 0.302 e. The van der Waals surface area contributed by atoms with Gasteiger partial charge in [0.1, 0.15) is 5.82 Å². The molecule has 2 aromatic rings. The minimum absolute atomic E-state index is 0.120. The zero-order valence-corrected chi connectivity index (χ0v) is 12.2. The van der Waals surface area contributed by atoms with Crippen LogP contribution >= 0.6 is 11.3 Å². The van der Waals surface area contributed by atoms with Crippen LogP contribution in [0.1, 0.15) is 38.2 Å². The van der Waals surface area contributed by atoms with Crippen molar-refractivity contribution in [3.05, 3.63) is 23.8 Å². The minimum atomic E-state index is -0.120. The van der Waals surface area contributed by atoms with Gasteiger partial charge in [-0.1, -0.05) is 25.2 Å². The molecule has 5 nitrogen and oxygen atoms in total. The van der Waals surface area contributed by atoms with E-state index in [1.54, 1.807) is 6.20 Å². The van der Waals surface area contributed by atoms with Gasteiger partial charge in [0.15, 0.2) is 5.13 Å². The second kappa shape index (κ2) is 5.44. The molecule has 0 bridgehead atoms. The summed E-state index contributed by atoms with van der Waals surface area (Å²) >= 11 is 1.43. The molecule has 0 aromatic carbocycles. The van der Waals surface area contributed by atoms with Crippen LogP contribution in [0, 0.1) is 6.92 Å². The summed E-state index contributed by atoms with van der Waals surface area (Å²) in [5, 5.41) is 3.30. The second-order valence-electron chi connectivity index (χ2n) is 4.57. The van der Waals surface area contributed by atoms with Crippen LogP contribution in [-0.2, 0) is 4.79 Å². The number of nitrogens with zero attached hydrogens (tertiary/aromatic N) is 3. The van der Waals surface area contributed by atoms with E-state index in [-0.39, 0.29) is 11.8 Å². The van der Waals surface area contributed by atoms with Crippen LogP contribution < -0.4 is 5.32 Å². The van der Waals surface area contributed by atoms with Crippen molar-refractivity contribution < 1.29 is 4.79 Å². The maximum Gasteiger partial charge on any atom is 0.223 e. The Kier molecular flexibility index (Phi) is 3.90. The number of aromatic nitrogens is 3.